The Balaban J connectivity index is 1.81. The Morgan fingerprint density at radius 3 is 2.95 bits per heavy atom. The number of H-pyrrole nitrogens is 1. The highest BCUT2D eigenvalue weighted by atomic mass is 19.1. The Kier molecular flexibility index (Phi) is 3.00. The van der Waals surface area contributed by atoms with Gasteiger partial charge < -0.3 is 5.32 Å². The van der Waals surface area contributed by atoms with E-state index in [1.54, 1.807) is 30.5 Å². The molecule has 3 rings (SSSR count). The predicted octanol–water partition coefficient (Wildman–Crippen LogP) is 1.99. The highest BCUT2D eigenvalue weighted by Gasteiger charge is 2.11. The van der Waals surface area contributed by atoms with Gasteiger partial charge in [0.15, 0.2) is 5.69 Å². The van der Waals surface area contributed by atoms with E-state index in [0.717, 1.165) is 0 Å². The standard InChI is InChI=1S/C13H10FN5O/c14-9-2-1-3-10(8-9)19-7-5-11(18-19)13(20)16-12-4-6-15-17-12/h1-8H,(H2,15,16,17,20). The summed E-state index contributed by atoms with van der Waals surface area (Å²) in [5, 5.41) is 13.1. The first-order valence-electron chi connectivity index (χ1n) is 5.85. The zero-order valence-corrected chi connectivity index (χ0v) is 10.2. The second-order valence-corrected chi connectivity index (χ2v) is 4.05. The number of carbonyl (C=O) groups is 1. The van der Waals surface area contributed by atoms with Crippen molar-refractivity contribution in [3.63, 3.8) is 0 Å². The van der Waals surface area contributed by atoms with E-state index in [9.17, 15) is 9.18 Å². The summed E-state index contributed by atoms with van der Waals surface area (Å²) in [6, 6.07) is 9.14. The number of anilines is 1. The summed E-state index contributed by atoms with van der Waals surface area (Å²) in [7, 11) is 0. The van der Waals surface area contributed by atoms with E-state index in [1.165, 1.54) is 23.0 Å². The second-order valence-electron chi connectivity index (χ2n) is 4.05. The molecule has 1 aromatic carbocycles. The molecular formula is C13H10FN5O. The molecule has 2 aromatic heterocycles. The number of aromatic nitrogens is 4. The van der Waals surface area contributed by atoms with Gasteiger partial charge in [0.25, 0.3) is 5.91 Å². The highest BCUT2D eigenvalue weighted by Crippen LogP contribution is 2.10. The molecule has 0 aliphatic carbocycles. The Morgan fingerprint density at radius 2 is 2.20 bits per heavy atom. The zero-order valence-electron chi connectivity index (χ0n) is 10.2. The minimum atomic E-state index is -0.371. The molecule has 6 nitrogen and oxygen atoms in total. The Hall–Kier alpha value is -2.96. The number of rotatable bonds is 3. The Morgan fingerprint density at radius 1 is 1.30 bits per heavy atom. The Labute approximate surface area is 113 Å². The van der Waals surface area contributed by atoms with Crippen LogP contribution in [0.2, 0.25) is 0 Å². The molecule has 0 bridgehead atoms. The molecule has 0 spiro atoms. The molecule has 0 saturated heterocycles. The number of amides is 1. The summed E-state index contributed by atoms with van der Waals surface area (Å²) in [6.07, 6.45) is 3.12. The maximum Gasteiger partial charge on any atom is 0.277 e. The number of hydrogen-bond acceptors (Lipinski definition) is 3. The first-order chi connectivity index (χ1) is 9.72. The van der Waals surface area contributed by atoms with E-state index in [1.807, 2.05) is 0 Å². The van der Waals surface area contributed by atoms with Crippen molar-refractivity contribution in [2.45, 2.75) is 0 Å². The van der Waals surface area contributed by atoms with Crippen molar-refractivity contribution in [3.05, 3.63) is 60.3 Å². The number of halogens is 1. The highest BCUT2D eigenvalue weighted by molar-refractivity contribution is 6.02. The molecular weight excluding hydrogens is 261 g/mol. The zero-order chi connectivity index (χ0) is 13.9. The van der Waals surface area contributed by atoms with Gasteiger partial charge in [0.2, 0.25) is 0 Å². The van der Waals surface area contributed by atoms with Gasteiger partial charge in [0, 0.05) is 12.3 Å². The molecule has 0 aliphatic heterocycles. The first kappa shape index (κ1) is 12.1. The molecule has 3 aromatic rings. The number of nitrogens with zero attached hydrogens (tertiary/aromatic N) is 3. The van der Waals surface area contributed by atoms with Crippen molar-refractivity contribution >= 4 is 11.7 Å². The minimum Gasteiger partial charge on any atom is -0.306 e. The van der Waals surface area contributed by atoms with Crippen molar-refractivity contribution in [1.82, 2.24) is 20.0 Å². The van der Waals surface area contributed by atoms with Gasteiger partial charge in [-0.2, -0.15) is 10.2 Å². The van der Waals surface area contributed by atoms with Crippen molar-refractivity contribution < 1.29 is 9.18 Å². The number of benzene rings is 1. The lowest BCUT2D eigenvalue weighted by Crippen LogP contribution is -2.13. The third-order valence-corrected chi connectivity index (χ3v) is 2.64. The summed E-state index contributed by atoms with van der Waals surface area (Å²) < 4.78 is 14.6. The fourth-order valence-corrected chi connectivity index (χ4v) is 1.72. The molecule has 0 fully saturated rings. The third-order valence-electron chi connectivity index (χ3n) is 2.64. The molecule has 20 heavy (non-hydrogen) atoms. The largest absolute Gasteiger partial charge is 0.306 e. The van der Waals surface area contributed by atoms with Crippen molar-refractivity contribution in [1.29, 1.82) is 0 Å². The van der Waals surface area contributed by atoms with Gasteiger partial charge in [-0.15, -0.1) is 0 Å². The van der Waals surface area contributed by atoms with Crippen LogP contribution < -0.4 is 5.32 Å². The fourth-order valence-electron chi connectivity index (χ4n) is 1.72. The fraction of sp³-hybridized carbons (Fsp3) is 0. The molecule has 0 unspecified atom stereocenters. The topological polar surface area (TPSA) is 75.6 Å². The van der Waals surface area contributed by atoms with E-state index >= 15 is 0 Å². The van der Waals surface area contributed by atoms with Crippen LogP contribution in [0.3, 0.4) is 0 Å². The lowest BCUT2D eigenvalue weighted by atomic mass is 10.3. The number of nitrogens with one attached hydrogen (secondary N) is 2. The van der Waals surface area contributed by atoms with Gasteiger partial charge in [-0.1, -0.05) is 6.07 Å². The van der Waals surface area contributed by atoms with Crippen LogP contribution in [0.5, 0.6) is 0 Å². The van der Waals surface area contributed by atoms with Crippen LogP contribution in [0.1, 0.15) is 10.5 Å². The van der Waals surface area contributed by atoms with Crippen molar-refractivity contribution in [2.75, 3.05) is 5.32 Å². The maximum atomic E-state index is 13.1. The average Bonchev–Trinajstić information content (AvgIpc) is 3.09. The molecule has 7 heteroatoms. The van der Waals surface area contributed by atoms with E-state index < -0.39 is 0 Å². The smallest absolute Gasteiger partial charge is 0.277 e. The quantitative estimate of drug-likeness (QED) is 0.764. The molecule has 0 radical (unpaired) electrons. The third kappa shape index (κ3) is 2.41. The van der Waals surface area contributed by atoms with Crippen LogP contribution in [-0.2, 0) is 0 Å². The van der Waals surface area contributed by atoms with E-state index in [4.69, 9.17) is 0 Å². The van der Waals surface area contributed by atoms with E-state index in [-0.39, 0.29) is 17.4 Å². The lowest BCUT2D eigenvalue weighted by molar-refractivity contribution is 0.102. The van der Waals surface area contributed by atoms with Gasteiger partial charge in [-0.3, -0.25) is 9.89 Å². The van der Waals surface area contributed by atoms with Crippen LogP contribution in [0.25, 0.3) is 5.69 Å². The van der Waals surface area contributed by atoms with Crippen LogP contribution in [0.4, 0.5) is 10.2 Å². The van der Waals surface area contributed by atoms with Crippen molar-refractivity contribution in [3.8, 4) is 5.69 Å². The van der Waals surface area contributed by atoms with E-state index in [2.05, 4.69) is 20.6 Å². The number of carbonyl (C=O) groups excluding carboxylic acids is 1. The SMILES string of the molecule is O=C(Nc1ccn[nH]1)c1ccn(-c2cccc(F)c2)n1. The predicted molar refractivity (Wildman–Crippen MR) is 70.1 cm³/mol. The van der Waals surface area contributed by atoms with Crippen molar-refractivity contribution in [2.24, 2.45) is 0 Å². The molecule has 0 saturated carbocycles. The van der Waals surface area contributed by atoms with Gasteiger partial charge in [0.1, 0.15) is 11.6 Å². The summed E-state index contributed by atoms with van der Waals surface area (Å²) in [5.74, 6) is -0.249. The van der Waals surface area contributed by atoms with Gasteiger partial charge in [-0.25, -0.2) is 9.07 Å². The lowest BCUT2D eigenvalue weighted by Gasteiger charge is -2.01. The first-order valence-corrected chi connectivity index (χ1v) is 5.85. The minimum absolute atomic E-state index is 0.226. The number of aromatic amines is 1. The van der Waals surface area contributed by atoms with E-state index in [0.29, 0.717) is 11.5 Å². The second kappa shape index (κ2) is 4.96. The molecule has 1 amide bonds. The summed E-state index contributed by atoms with van der Waals surface area (Å²) in [4.78, 5) is 11.9. The molecule has 0 atom stereocenters. The van der Waals surface area contributed by atoms with Crippen LogP contribution in [-0.4, -0.2) is 25.9 Å². The van der Waals surface area contributed by atoms with Gasteiger partial charge in [0.05, 0.1) is 11.9 Å². The van der Waals surface area contributed by atoms with Gasteiger partial charge >= 0.3 is 0 Å². The molecule has 2 N–H and O–H groups in total. The number of hydrogen-bond donors (Lipinski definition) is 2. The summed E-state index contributed by atoms with van der Waals surface area (Å²) in [5.41, 5.74) is 0.773. The Bertz CT molecular complexity index is 735. The summed E-state index contributed by atoms with van der Waals surface area (Å²) >= 11 is 0. The normalized spacial score (nSPS) is 10.4. The summed E-state index contributed by atoms with van der Waals surface area (Å²) in [6.45, 7) is 0. The monoisotopic (exact) mass is 271 g/mol. The van der Waals surface area contributed by atoms with Crippen LogP contribution in [0.15, 0.2) is 48.8 Å². The molecule has 100 valence electrons. The van der Waals surface area contributed by atoms with Gasteiger partial charge in [-0.05, 0) is 24.3 Å². The van der Waals surface area contributed by atoms with Crippen LogP contribution in [0, 0.1) is 5.82 Å². The maximum absolute atomic E-state index is 13.1. The molecule has 2 heterocycles. The average molecular weight is 271 g/mol. The van der Waals surface area contributed by atoms with Crippen LogP contribution >= 0.6 is 0 Å². The molecule has 0 aliphatic rings.